The molecule has 3 aromatic rings. The Morgan fingerprint density at radius 1 is 1.12 bits per heavy atom. The first kappa shape index (κ1) is 17.6. The van der Waals surface area contributed by atoms with Gasteiger partial charge in [0.15, 0.2) is 14.6 Å². The van der Waals surface area contributed by atoms with E-state index in [4.69, 9.17) is 0 Å². The molecule has 2 aromatic carbocycles. The summed E-state index contributed by atoms with van der Waals surface area (Å²) in [6, 6.07) is 14.3. The first-order valence-corrected chi connectivity index (χ1v) is 10.5. The van der Waals surface area contributed by atoms with Crippen LogP contribution >= 0.6 is 11.3 Å². The minimum absolute atomic E-state index is 0.141. The third-order valence-corrected chi connectivity index (χ3v) is 6.02. The Morgan fingerprint density at radius 2 is 1.80 bits per heavy atom. The van der Waals surface area contributed by atoms with E-state index in [0.29, 0.717) is 4.80 Å². The number of hydrogen-bond acceptors (Lipinski definition) is 4. The molecule has 7 heteroatoms. The van der Waals surface area contributed by atoms with E-state index < -0.39 is 9.84 Å². The second-order valence-electron chi connectivity index (χ2n) is 5.70. The van der Waals surface area contributed by atoms with E-state index in [2.05, 4.69) is 4.99 Å². The molecule has 130 valence electrons. The zero-order valence-electron chi connectivity index (χ0n) is 14.0. The number of carbonyl (C=O) groups excluding carboxylic acids is 1. The SMILES string of the molecule is CCn1c(=NC(=O)Cc2ccc(S(C)(=O)=O)cc2)sc2ccccc21. The molecule has 0 N–H and O–H groups in total. The van der Waals surface area contributed by atoms with E-state index in [1.165, 1.54) is 23.5 Å². The fraction of sp³-hybridized carbons (Fsp3) is 0.222. The van der Waals surface area contributed by atoms with Crippen molar-refractivity contribution < 1.29 is 13.2 Å². The number of amides is 1. The van der Waals surface area contributed by atoms with Gasteiger partial charge < -0.3 is 4.57 Å². The van der Waals surface area contributed by atoms with Crippen molar-refractivity contribution in [3.05, 3.63) is 58.9 Å². The molecular weight excluding hydrogens is 356 g/mol. The number of fused-ring (bicyclic) bond motifs is 1. The highest BCUT2D eigenvalue weighted by Crippen LogP contribution is 2.16. The molecule has 1 heterocycles. The molecule has 3 rings (SSSR count). The van der Waals surface area contributed by atoms with E-state index in [1.807, 2.05) is 35.8 Å². The van der Waals surface area contributed by atoms with Crippen molar-refractivity contribution in [2.75, 3.05) is 6.26 Å². The molecule has 0 unspecified atom stereocenters. The molecule has 0 aliphatic rings. The second kappa shape index (κ2) is 6.93. The minimum Gasteiger partial charge on any atom is -0.317 e. The lowest BCUT2D eigenvalue weighted by Gasteiger charge is -2.01. The first-order valence-electron chi connectivity index (χ1n) is 7.83. The lowest BCUT2D eigenvalue weighted by molar-refractivity contribution is -0.117. The van der Waals surface area contributed by atoms with E-state index in [9.17, 15) is 13.2 Å². The summed E-state index contributed by atoms with van der Waals surface area (Å²) in [5.41, 5.74) is 1.81. The molecule has 25 heavy (non-hydrogen) atoms. The molecule has 0 saturated carbocycles. The Bertz CT molecular complexity index is 1090. The fourth-order valence-electron chi connectivity index (χ4n) is 2.59. The van der Waals surface area contributed by atoms with Gasteiger partial charge in [-0.05, 0) is 36.8 Å². The van der Waals surface area contributed by atoms with E-state index in [0.717, 1.165) is 28.6 Å². The maximum Gasteiger partial charge on any atom is 0.252 e. The standard InChI is InChI=1S/C18H18N2O3S2/c1-3-20-15-6-4-5-7-16(15)24-18(20)19-17(21)12-13-8-10-14(11-9-13)25(2,22)23/h4-11H,3,12H2,1-2H3. The quantitative estimate of drug-likeness (QED) is 0.705. The van der Waals surface area contributed by atoms with Crippen molar-refractivity contribution in [1.29, 1.82) is 0 Å². The number of hydrogen-bond donors (Lipinski definition) is 0. The largest absolute Gasteiger partial charge is 0.317 e. The Hall–Kier alpha value is -2.25. The second-order valence-corrected chi connectivity index (χ2v) is 8.72. The summed E-state index contributed by atoms with van der Waals surface area (Å²) < 4.78 is 26.1. The van der Waals surface area contributed by atoms with Gasteiger partial charge in [0.25, 0.3) is 5.91 Å². The molecular formula is C18H18N2O3S2. The van der Waals surface area contributed by atoms with Gasteiger partial charge in [-0.3, -0.25) is 4.79 Å². The summed E-state index contributed by atoms with van der Waals surface area (Å²) in [5.74, 6) is -0.249. The summed E-state index contributed by atoms with van der Waals surface area (Å²) >= 11 is 1.49. The zero-order chi connectivity index (χ0) is 18.0. The van der Waals surface area contributed by atoms with Crippen molar-refractivity contribution >= 4 is 37.3 Å². The Labute approximate surface area is 150 Å². The minimum atomic E-state index is -3.23. The summed E-state index contributed by atoms with van der Waals surface area (Å²) in [7, 11) is -3.23. The number of para-hydroxylation sites is 1. The van der Waals surface area contributed by atoms with Gasteiger partial charge >= 0.3 is 0 Å². The molecule has 1 amide bonds. The summed E-state index contributed by atoms with van der Waals surface area (Å²) in [4.78, 5) is 17.5. The Balaban J connectivity index is 1.88. The zero-order valence-corrected chi connectivity index (χ0v) is 15.6. The van der Waals surface area contributed by atoms with Crippen molar-refractivity contribution in [2.24, 2.45) is 4.99 Å². The normalized spacial score (nSPS) is 12.6. The molecule has 0 saturated heterocycles. The van der Waals surface area contributed by atoms with Crippen molar-refractivity contribution in [1.82, 2.24) is 4.57 Å². The number of nitrogens with zero attached hydrogens (tertiary/aromatic N) is 2. The highest BCUT2D eigenvalue weighted by atomic mass is 32.2. The first-order chi connectivity index (χ1) is 11.9. The average Bonchev–Trinajstić information content (AvgIpc) is 2.91. The molecule has 0 bridgehead atoms. The molecule has 5 nitrogen and oxygen atoms in total. The van der Waals surface area contributed by atoms with Gasteiger partial charge in [-0.15, -0.1) is 0 Å². The van der Waals surface area contributed by atoms with Crippen molar-refractivity contribution in [3.63, 3.8) is 0 Å². The van der Waals surface area contributed by atoms with Gasteiger partial charge in [0, 0.05) is 12.8 Å². The lowest BCUT2D eigenvalue weighted by Crippen LogP contribution is -2.16. The van der Waals surface area contributed by atoms with E-state index >= 15 is 0 Å². The Kier molecular flexibility index (Phi) is 4.87. The van der Waals surface area contributed by atoms with Crippen LogP contribution in [0.15, 0.2) is 58.4 Å². The van der Waals surface area contributed by atoms with Gasteiger partial charge in [-0.1, -0.05) is 35.6 Å². The fourth-order valence-corrected chi connectivity index (χ4v) is 4.33. The maximum atomic E-state index is 12.3. The van der Waals surface area contributed by atoms with Crippen LogP contribution in [0.5, 0.6) is 0 Å². The lowest BCUT2D eigenvalue weighted by atomic mass is 10.1. The predicted octanol–water partition coefficient (Wildman–Crippen LogP) is 2.80. The van der Waals surface area contributed by atoms with Crippen LogP contribution in [-0.2, 0) is 27.6 Å². The van der Waals surface area contributed by atoms with Crippen LogP contribution in [0.1, 0.15) is 12.5 Å². The van der Waals surface area contributed by atoms with Gasteiger partial charge in [0.1, 0.15) is 0 Å². The number of rotatable bonds is 4. The number of sulfone groups is 1. The van der Waals surface area contributed by atoms with Crippen molar-refractivity contribution in [3.8, 4) is 0 Å². The van der Waals surface area contributed by atoms with Crippen LogP contribution in [0.4, 0.5) is 0 Å². The molecule has 1 aromatic heterocycles. The Morgan fingerprint density at radius 3 is 2.44 bits per heavy atom. The van der Waals surface area contributed by atoms with Gasteiger partial charge in [0.05, 0.1) is 21.5 Å². The molecule has 0 spiro atoms. The molecule has 0 radical (unpaired) electrons. The maximum absolute atomic E-state index is 12.3. The average molecular weight is 374 g/mol. The highest BCUT2D eigenvalue weighted by Gasteiger charge is 2.09. The molecule has 0 atom stereocenters. The van der Waals surface area contributed by atoms with Crippen LogP contribution in [0.25, 0.3) is 10.2 Å². The van der Waals surface area contributed by atoms with Gasteiger partial charge in [0.2, 0.25) is 0 Å². The topological polar surface area (TPSA) is 68.5 Å². The predicted molar refractivity (Wildman–Crippen MR) is 99.3 cm³/mol. The van der Waals surface area contributed by atoms with Crippen LogP contribution in [0.3, 0.4) is 0 Å². The molecule has 0 aliphatic carbocycles. The number of carbonyl (C=O) groups is 1. The third kappa shape index (κ3) is 3.88. The summed E-state index contributed by atoms with van der Waals surface area (Å²) in [6.07, 6.45) is 1.30. The summed E-state index contributed by atoms with van der Waals surface area (Å²) in [6.45, 7) is 2.76. The van der Waals surface area contributed by atoms with Crippen LogP contribution in [-0.4, -0.2) is 25.1 Å². The van der Waals surface area contributed by atoms with E-state index in [-0.39, 0.29) is 17.2 Å². The summed E-state index contributed by atoms with van der Waals surface area (Å²) in [5, 5.41) is 0. The van der Waals surface area contributed by atoms with Crippen molar-refractivity contribution in [2.45, 2.75) is 24.8 Å². The van der Waals surface area contributed by atoms with E-state index in [1.54, 1.807) is 12.1 Å². The number of aromatic nitrogens is 1. The van der Waals surface area contributed by atoms with Gasteiger partial charge in [-0.25, -0.2) is 8.42 Å². The number of thiazole rings is 1. The third-order valence-electron chi connectivity index (χ3n) is 3.83. The number of benzene rings is 2. The smallest absolute Gasteiger partial charge is 0.252 e. The van der Waals surface area contributed by atoms with Crippen LogP contribution in [0, 0.1) is 0 Å². The monoisotopic (exact) mass is 374 g/mol. The van der Waals surface area contributed by atoms with Crippen LogP contribution < -0.4 is 4.80 Å². The molecule has 0 aliphatic heterocycles. The molecule has 0 fully saturated rings. The highest BCUT2D eigenvalue weighted by molar-refractivity contribution is 7.90. The van der Waals surface area contributed by atoms with Crippen LogP contribution in [0.2, 0.25) is 0 Å². The van der Waals surface area contributed by atoms with Gasteiger partial charge in [-0.2, -0.15) is 4.99 Å². The number of aryl methyl sites for hydroxylation is 1.